The molecule has 8 heteroatoms. The summed E-state index contributed by atoms with van der Waals surface area (Å²) in [4.78, 5) is 23.4. The Bertz CT molecular complexity index is 990. The molecule has 7 nitrogen and oxygen atoms in total. The van der Waals surface area contributed by atoms with Crippen LogP contribution in [-0.4, -0.2) is 30.8 Å². The normalized spacial score (nSPS) is 11.4. The Labute approximate surface area is 135 Å². The molecular formula is C15H14ClN3O4. The molecule has 0 unspecified atom stereocenters. The average molecular weight is 336 g/mol. The molecule has 0 saturated carbocycles. The number of hydrogen-bond acceptors (Lipinski definition) is 4. The topological polar surface area (TPSA) is 97.4 Å². The van der Waals surface area contributed by atoms with Gasteiger partial charge in [0.2, 0.25) is 5.43 Å². The van der Waals surface area contributed by atoms with Gasteiger partial charge < -0.3 is 10.3 Å². The number of carbonyl (C=O) groups is 1. The molecule has 0 spiro atoms. The third-order valence-electron chi connectivity index (χ3n) is 3.75. The van der Waals surface area contributed by atoms with Crippen molar-refractivity contribution >= 4 is 39.5 Å². The van der Waals surface area contributed by atoms with E-state index in [1.54, 1.807) is 19.2 Å². The molecule has 23 heavy (non-hydrogen) atoms. The van der Waals surface area contributed by atoms with E-state index in [0.29, 0.717) is 34.5 Å². The summed E-state index contributed by atoms with van der Waals surface area (Å²) in [6.07, 6.45) is 0.690. The molecule has 0 atom stereocenters. The number of carboxylic acids is 1. The van der Waals surface area contributed by atoms with Crippen molar-refractivity contribution in [1.29, 1.82) is 0 Å². The minimum atomic E-state index is -0.901. The van der Waals surface area contributed by atoms with Crippen molar-refractivity contribution in [2.24, 2.45) is 7.05 Å². The third kappa shape index (κ3) is 2.53. The maximum absolute atomic E-state index is 12.8. The quantitative estimate of drug-likeness (QED) is 0.712. The van der Waals surface area contributed by atoms with E-state index in [0.717, 1.165) is 4.73 Å². The van der Waals surface area contributed by atoms with Gasteiger partial charge in [0, 0.05) is 18.5 Å². The van der Waals surface area contributed by atoms with Gasteiger partial charge in [0.25, 0.3) is 0 Å². The van der Waals surface area contributed by atoms with Crippen molar-refractivity contribution in [2.75, 3.05) is 0 Å². The fourth-order valence-corrected chi connectivity index (χ4v) is 2.92. The lowest BCUT2D eigenvalue weighted by Crippen LogP contribution is -2.11. The molecule has 0 amide bonds. The molecule has 0 aliphatic rings. The van der Waals surface area contributed by atoms with Crippen molar-refractivity contribution in [2.45, 2.75) is 19.3 Å². The number of aryl methyl sites for hydroxylation is 2. The van der Waals surface area contributed by atoms with Crippen molar-refractivity contribution in [3.8, 4) is 0 Å². The van der Waals surface area contributed by atoms with Gasteiger partial charge in [-0.25, -0.2) is 4.68 Å². The van der Waals surface area contributed by atoms with Gasteiger partial charge in [0.15, 0.2) is 5.65 Å². The van der Waals surface area contributed by atoms with Crippen LogP contribution in [0.25, 0.3) is 21.9 Å². The lowest BCUT2D eigenvalue weighted by atomic mass is 10.1. The van der Waals surface area contributed by atoms with Crippen LogP contribution in [0.15, 0.2) is 23.0 Å². The predicted molar refractivity (Wildman–Crippen MR) is 85.2 cm³/mol. The number of hydrogen-bond donors (Lipinski definition) is 2. The third-order valence-corrected chi connectivity index (χ3v) is 3.99. The highest BCUT2D eigenvalue weighted by atomic mass is 35.5. The molecule has 0 fully saturated rings. The zero-order valence-corrected chi connectivity index (χ0v) is 13.0. The first-order valence-electron chi connectivity index (χ1n) is 7.01. The number of pyridine rings is 1. The minimum absolute atomic E-state index is 0.00913. The van der Waals surface area contributed by atoms with Crippen LogP contribution in [0.1, 0.15) is 18.5 Å². The highest BCUT2D eigenvalue weighted by Crippen LogP contribution is 2.23. The Balaban J connectivity index is 2.26. The fourth-order valence-electron chi connectivity index (χ4n) is 2.75. The highest BCUT2D eigenvalue weighted by molar-refractivity contribution is 6.31. The van der Waals surface area contributed by atoms with Gasteiger partial charge in [-0.2, -0.15) is 9.83 Å². The van der Waals surface area contributed by atoms with Crippen LogP contribution in [0.4, 0.5) is 0 Å². The van der Waals surface area contributed by atoms with E-state index in [-0.39, 0.29) is 22.9 Å². The largest absolute Gasteiger partial charge is 0.481 e. The molecule has 0 saturated heterocycles. The predicted octanol–water partition coefficient (Wildman–Crippen LogP) is 2.19. The molecule has 1 aromatic carbocycles. The molecule has 0 bridgehead atoms. The van der Waals surface area contributed by atoms with Crippen molar-refractivity contribution in [1.82, 2.24) is 14.5 Å². The van der Waals surface area contributed by atoms with Gasteiger partial charge in [-0.1, -0.05) is 11.6 Å². The number of rotatable bonds is 4. The van der Waals surface area contributed by atoms with Gasteiger partial charge in [-0.15, -0.1) is 0 Å². The van der Waals surface area contributed by atoms with Crippen LogP contribution in [0.5, 0.6) is 0 Å². The Morgan fingerprint density at radius 3 is 2.83 bits per heavy atom. The number of fused-ring (bicyclic) bond motifs is 2. The molecule has 3 rings (SSSR count). The first-order chi connectivity index (χ1) is 10.9. The number of aromatic nitrogens is 3. The maximum Gasteiger partial charge on any atom is 0.303 e. The van der Waals surface area contributed by atoms with Gasteiger partial charge in [-0.3, -0.25) is 9.59 Å². The molecule has 2 N–H and O–H groups in total. The summed E-state index contributed by atoms with van der Waals surface area (Å²) in [6.45, 7) is 0. The first-order valence-corrected chi connectivity index (χ1v) is 7.39. The molecule has 0 aliphatic carbocycles. The second kappa shape index (κ2) is 5.58. The first kappa shape index (κ1) is 15.4. The Hall–Kier alpha value is -2.54. The number of nitrogens with zero attached hydrogens (tertiary/aromatic N) is 3. The van der Waals surface area contributed by atoms with Crippen molar-refractivity contribution < 1.29 is 15.1 Å². The van der Waals surface area contributed by atoms with Crippen LogP contribution in [0, 0.1) is 0 Å². The molecular weight excluding hydrogens is 322 g/mol. The van der Waals surface area contributed by atoms with Crippen molar-refractivity contribution in [3.05, 3.63) is 39.1 Å². The Kier molecular flexibility index (Phi) is 3.73. The maximum atomic E-state index is 12.8. The van der Waals surface area contributed by atoms with Crippen molar-refractivity contribution in [3.63, 3.8) is 0 Å². The lowest BCUT2D eigenvalue weighted by Gasteiger charge is -2.07. The summed E-state index contributed by atoms with van der Waals surface area (Å²) >= 11 is 5.94. The monoisotopic (exact) mass is 335 g/mol. The molecule has 2 heterocycles. The molecule has 0 radical (unpaired) electrons. The molecule has 3 aromatic rings. The number of benzene rings is 1. The van der Waals surface area contributed by atoms with Crippen LogP contribution in [-0.2, 0) is 18.3 Å². The minimum Gasteiger partial charge on any atom is -0.481 e. The molecule has 120 valence electrons. The average Bonchev–Trinajstić information content (AvgIpc) is 2.81. The summed E-state index contributed by atoms with van der Waals surface area (Å²) in [6, 6.07) is 4.65. The number of carboxylic acid groups (broad SMARTS) is 1. The molecule has 2 aromatic heterocycles. The lowest BCUT2D eigenvalue weighted by molar-refractivity contribution is -0.137. The second-order valence-electron chi connectivity index (χ2n) is 5.32. The summed E-state index contributed by atoms with van der Waals surface area (Å²) in [5.74, 6) is -0.901. The zero-order valence-electron chi connectivity index (χ0n) is 12.3. The zero-order chi connectivity index (χ0) is 16.7. The van der Waals surface area contributed by atoms with Crippen LogP contribution in [0.2, 0.25) is 5.02 Å². The fraction of sp³-hybridized carbons (Fsp3) is 0.267. The van der Waals surface area contributed by atoms with Gasteiger partial charge in [-0.05, 0) is 31.0 Å². The Morgan fingerprint density at radius 2 is 2.13 bits per heavy atom. The van der Waals surface area contributed by atoms with Gasteiger partial charge in [0.05, 0.1) is 22.0 Å². The summed E-state index contributed by atoms with van der Waals surface area (Å²) in [5.41, 5.74) is 0.807. The van der Waals surface area contributed by atoms with E-state index < -0.39 is 5.97 Å². The summed E-state index contributed by atoms with van der Waals surface area (Å²) < 4.78 is 2.33. The standard InChI is InChI=1S/C15H14ClN3O4/c1-18-15-13(10(17-18)3-2-4-12(20)21)14(22)9-7-8(16)5-6-11(9)19(15)23/h5-7,23H,2-4H2,1H3,(H,20,21). The van der Waals surface area contributed by atoms with E-state index in [9.17, 15) is 14.8 Å². The molecule has 0 aliphatic heterocycles. The Morgan fingerprint density at radius 1 is 1.39 bits per heavy atom. The van der Waals surface area contributed by atoms with E-state index in [1.807, 2.05) is 0 Å². The summed E-state index contributed by atoms with van der Waals surface area (Å²) in [5, 5.41) is 24.4. The van der Waals surface area contributed by atoms with Crippen LogP contribution in [0.3, 0.4) is 0 Å². The SMILES string of the molecule is Cn1nc(CCCC(=O)O)c2c(=O)c3cc(Cl)ccc3n(O)c21. The van der Waals surface area contributed by atoms with E-state index in [1.165, 1.54) is 10.7 Å². The highest BCUT2D eigenvalue weighted by Gasteiger charge is 2.19. The van der Waals surface area contributed by atoms with Crippen LogP contribution < -0.4 is 5.43 Å². The van der Waals surface area contributed by atoms with E-state index >= 15 is 0 Å². The van der Waals surface area contributed by atoms with Gasteiger partial charge in [0.1, 0.15) is 0 Å². The van der Waals surface area contributed by atoms with E-state index in [4.69, 9.17) is 16.7 Å². The number of halogens is 1. The summed E-state index contributed by atoms with van der Waals surface area (Å²) in [7, 11) is 1.62. The van der Waals surface area contributed by atoms with Crippen LogP contribution >= 0.6 is 11.6 Å². The van der Waals surface area contributed by atoms with E-state index in [2.05, 4.69) is 5.10 Å². The number of aliphatic carboxylic acids is 1. The smallest absolute Gasteiger partial charge is 0.303 e. The van der Waals surface area contributed by atoms with Gasteiger partial charge >= 0.3 is 5.97 Å². The second-order valence-corrected chi connectivity index (χ2v) is 5.76.